The maximum Gasteiger partial charge on any atom is 3.00 e. The van der Waals surface area contributed by atoms with E-state index in [-0.39, 0.29) is 73.2 Å². The van der Waals surface area contributed by atoms with Crippen molar-refractivity contribution in [2.75, 3.05) is 12.3 Å². The van der Waals surface area contributed by atoms with E-state index in [0.717, 1.165) is 0 Å². The molecule has 9 nitrogen and oxygen atoms in total. The maximum absolute atomic E-state index is 11.5. The third-order valence-electron chi connectivity index (χ3n) is 2.25. The van der Waals surface area contributed by atoms with Gasteiger partial charge in [0.25, 0.3) is 0 Å². The van der Waals surface area contributed by atoms with Gasteiger partial charge in [0.15, 0.2) is 0 Å². The van der Waals surface area contributed by atoms with Crippen LogP contribution in [0.15, 0.2) is 0 Å². The summed E-state index contributed by atoms with van der Waals surface area (Å²) in [4.78, 5) is 43.7. The van der Waals surface area contributed by atoms with E-state index in [0.29, 0.717) is 0 Å². The molecule has 2 unspecified atom stereocenters. The van der Waals surface area contributed by atoms with E-state index < -0.39 is 42.4 Å². The smallest absolute Gasteiger partial charge is 1.00 e. The van der Waals surface area contributed by atoms with Crippen LogP contribution in [0.3, 0.4) is 0 Å². The second kappa shape index (κ2) is 18.9. The van der Waals surface area contributed by atoms with Crippen LogP contribution in [0.4, 0.5) is 0 Å². The van der Waals surface area contributed by atoms with Gasteiger partial charge in [-0.25, -0.2) is 0 Å². The first-order valence-electron chi connectivity index (χ1n) is 5.66. The molecule has 2 atom stereocenters. The fourth-order valence-corrected chi connectivity index (χ4v) is 1.41. The largest absolute Gasteiger partial charge is 3.00 e. The van der Waals surface area contributed by atoms with Gasteiger partial charge in [0.2, 0.25) is 11.8 Å². The van der Waals surface area contributed by atoms with E-state index in [1.165, 1.54) is 0 Å². The fourth-order valence-electron chi connectivity index (χ4n) is 1.16. The molecule has 0 aromatic heterocycles. The fraction of sp³-hybridized carbons (Fsp3) is 0.600. The SMILES string of the molecule is NC(CCC(=O)NC(CS)C(=O)NCC(=O)O)C(=O)O.[Cl-].[Cl-].[Cl-].[Cr+3]. The third-order valence-corrected chi connectivity index (χ3v) is 2.61. The quantitative estimate of drug-likeness (QED) is 0.184. The van der Waals surface area contributed by atoms with Crippen molar-refractivity contribution in [2.24, 2.45) is 5.73 Å². The predicted molar refractivity (Wildman–Crippen MR) is 71.3 cm³/mol. The number of nitrogens with two attached hydrogens (primary N) is 1. The molecule has 0 rings (SSSR count). The van der Waals surface area contributed by atoms with Gasteiger partial charge < -0.3 is 63.8 Å². The predicted octanol–water partition coefficient (Wildman–Crippen LogP) is -11.2. The summed E-state index contributed by atoms with van der Waals surface area (Å²) < 4.78 is 0. The van der Waals surface area contributed by atoms with Crippen molar-refractivity contribution in [3.63, 3.8) is 0 Å². The van der Waals surface area contributed by atoms with Crippen molar-refractivity contribution >= 4 is 36.4 Å². The summed E-state index contributed by atoms with van der Waals surface area (Å²) in [6, 6.07) is -2.15. The number of rotatable bonds is 9. The van der Waals surface area contributed by atoms with Gasteiger partial charge in [-0.1, -0.05) is 0 Å². The van der Waals surface area contributed by atoms with Crippen LogP contribution in [0.5, 0.6) is 0 Å². The average molecular weight is 466 g/mol. The van der Waals surface area contributed by atoms with E-state index in [1.807, 2.05) is 0 Å². The number of thiol groups is 1. The Morgan fingerprint density at radius 1 is 1.08 bits per heavy atom. The summed E-state index contributed by atoms with van der Waals surface area (Å²) >= 11 is 3.87. The van der Waals surface area contributed by atoms with E-state index in [4.69, 9.17) is 15.9 Å². The van der Waals surface area contributed by atoms with E-state index >= 15 is 0 Å². The van der Waals surface area contributed by atoms with Crippen molar-refractivity contribution < 1.29 is 84.0 Å². The first kappa shape index (κ1) is 34.8. The van der Waals surface area contributed by atoms with Gasteiger partial charge >= 0.3 is 29.3 Å². The van der Waals surface area contributed by atoms with Crippen LogP contribution in [-0.2, 0) is 36.5 Å². The van der Waals surface area contributed by atoms with Crippen molar-refractivity contribution in [3.8, 4) is 0 Å². The molecule has 0 aliphatic heterocycles. The molecule has 0 aliphatic carbocycles. The normalized spacial score (nSPS) is 10.9. The van der Waals surface area contributed by atoms with Gasteiger partial charge in [-0.2, -0.15) is 12.6 Å². The van der Waals surface area contributed by atoms with Crippen LogP contribution < -0.4 is 53.6 Å². The van der Waals surface area contributed by atoms with E-state index in [1.54, 1.807) is 0 Å². The molecule has 14 heteroatoms. The number of amides is 2. The third kappa shape index (κ3) is 16.5. The van der Waals surface area contributed by atoms with Crippen molar-refractivity contribution in [1.29, 1.82) is 0 Å². The molecule has 1 radical (unpaired) electrons. The molecule has 6 N–H and O–H groups in total. The van der Waals surface area contributed by atoms with Crippen molar-refractivity contribution in [1.82, 2.24) is 10.6 Å². The van der Waals surface area contributed by atoms with Gasteiger partial charge in [0.1, 0.15) is 18.6 Å². The molecule has 0 aliphatic rings. The zero-order valence-electron chi connectivity index (χ0n) is 12.1. The summed E-state index contributed by atoms with van der Waals surface area (Å²) in [7, 11) is 0. The number of hydrogen-bond acceptors (Lipinski definition) is 6. The van der Waals surface area contributed by atoms with E-state index in [9.17, 15) is 19.2 Å². The Balaban J connectivity index is -0.000000301. The van der Waals surface area contributed by atoms with Crippen LogP contribution in [0.1, 0.15) is 12.8 Å². The Morgan fingerprint density at radius 2 is 1.58 bits per heavy atom. The van der Waals surface area contributed by atoms with Gasteiger partial charge in [-0.15, -0.1) is 0 Å². The summed E-state index contributed by atoms with van der Waals surface area (Å²) in [5.41, 5.74) is 5.23. The number of carboxylic acid groups (broad SMARTS) is 2. The first-order chi connectivity index (χ1) is 9.27. The number of carbonyl (C=O) groups is 4. The standard InChI is InChI=1S/C10H17N3O6S.3ClH.Cr/c11-5(10(18)19)1-2-7(14)13-6(4-20)9(17)12-3-8(15)16;;;;/h5-6,20H,1-4,11H2,(H,12,17)(H,13,14)(H,15,16)(H,18,19);3*1H;/q;;;;+3/p-3. The first-order valence-corrected chi connectivity index (χ1v) is 6.29. The molecule has 0 saturated carbocycles. The van der Waals surface area contributed by atoms with Gasteiger partial charge in [0.05, 0.1) is 0 Å². The van der Waals surface area contributed by atoms with Gasteiger partial charge in [-0.3, -0.25) is 19.2 Å². The molecular weight excluding hydrogens is 449 g/mol. The zero-order chi connectivity index (χ0) is 15.7. The molecule has 0 heterocycles. The minimum absolute atomic E-state index is 0. The maximum atomic E-state index is 11.5. The summed E-state index contributed by atoms with van der Waals surface area (Å²) in [6.45, 7) is -0.567. The van der Waals surface area contributed by atoms with Crippen LogP contribution >= 0.6 is 12.6 Å². The molecule has 0 aromatic carbocycles. The Kier molecular flexibility index (Phi) is 27.5. The molecule has 0 aromatic rings. The molecule has 0 fully saturated rings. The zero-order valence-corrected chi connectivity index (χ0v) is 16.5. The van der Waals surface area contributed by atoms with Crippen LogP contribution in [0, 0.1) is 0 Å². The number of halogens is 3. The number of carbonyl (C=O) groups excluding carboxylic acids is 2. The average Bonchev–Trinajstić information content (AvgIpc) is 2.38. The minimum Gasteiger partial charge on any atom is -1.00 e. The minimum atomic E-state index is -1.22. The summed E-state index contributed by atoms with van der Waals surface area (Å²) in [5, 5.41) is 21.4. The molecule has 0 saturated heterocycles. The van der Waals surface area contributed by atoms with Crippen molar-refractivity contribution in [3.05, 3.63) is 0 Å². The van der Waals surface area contributed by atoms with Gasteiger partial charge in [-0.05, 0) is 6.42 Å². The molecule has 24 heavy (non-hydrogen) atoms. The summed E-state index contributed by atoms with van der Waals surface area (Å²) in [5.74, 6) is -3.70. The molecule has 141 valence electrons. The van der Waals surface area contributed by atoms with Crippen molar-refractivity contribution in [2.45, 2.75) is 24.9 Å². The monoisotopic (exact) mass is 464 g/mol. The van der Waals surface area contributed by atoms with E-state index in [2.05, 4.69) is 23.3 Å². The Morgan fingerprint density at radius 3 is 1.96 bits per heavy atom. The number of nitrogens with one attached hydrogen (secondary N) is 2. The number of carboxylic acids is 2. The van der Waals surface area contributed by atoms with Crippen LogP contribution in [0.2, 0.25) is 0 Å². The van der Waals surface area contributed by atoms with Crippen LogP contribution in [0.25, 0.3) is 0 Å². The molecule has 0 bridgehead atoms. The second-order valence-electron chi connectivity index (χ2n) is 3.90. The topological polar surface area (TPSA) is 159 Å². The Bertz CT molecular complexity index is 408. The van der Waals surface area contributed by atoms with Crippen LogP contribution in [-0.4, -0.2) is 58.3 Å². The number of hydrogen-bond donors (Lipinski definition) is 6. The Labute approximate surface area is 173 Å². The second-order valence-corrected chi connectivity index (χ2v) is 4.26. The Hall–Kier alpha value is -0.408. The molecule has 0 spiro atoms. The molecular formula is C10H17Cl3CrN3O6S. The van der Waals surface area contributed by atoms with Gasteiger partial charge in [0, 0.05) is 12.2 Å². The summed E-state index contributed by atoms with van der Waals surface area (Å²) in [6.07, 6.45) is -0.235. The molecule has 2 amide bonds. The number of aliphatic carboxylic acids is 2.